The molecular formula is C16H21NO. The summed E-state index contributed by atoms with van der Waals surface area (Å²) in [5.74, 6) is 2.86. The van der Waals surface area contributed by atoms with E-state index in [0.29, 0.717) is 17.8 Å². The molecule has 2 atom stereocenters. The van der Waals surface area contributed by atoms with E-state index in [-0.39, 0.29) is 5.60 Å². The van der Waals surface area contributed by atoms with Crippen molar-refractivity contribution in [2.45, 2.75) is 43.6 Å². The SMILES string of the molecule is Nc1ccc(C2C3CC4CC2CC(O)(C4)C3)cc1. The Hall–Kier alpha value is -1.02. The first-order valence-corrected chi connectivity index (χ1v) is 7.21. The van der Waals surface area contributed by atoms with Gasteiger partial charge in [0.1, 0.15) is 0 Å². The molecule has 2 heteroatoms. The minimum Gasteiger partial charge on any atom is -0.399 e. The van der Waals surface area contributed by atoms with Gasteiger partial charge in [-0.05, 0) is 73.5 Å². The van der Waals surface area contributed by atoms with Gasteiger partial charge in [0.25, 0.3) is 0 Å². The van der Waals surface area contributed by atoms with Crippen molar-refractivity contribution in [3.63, 3.8) is 0 Å². The van der Waals surface area contributed by atoms with Gasteiger partial charge in [-0.3, -0.25) is 0 Å². The average molecular weight is 243 g/mol. The number of hydrogen-bond donors (Lipinski definition) is 2. The van der Waals surface area contributed by atoms with Gasteiger partial charge >= 0.3 is 0 Å². The van der Waals surface area contributed by atoms with Crippen molar-refractivity contribution in [1.29, 1.82) is 0 Å². The molecule has 0 amide bonds. The van der Waals surface area contributed by atoms with Crippen molar-refractivity contribution >= 4 is 5.69 Å². The number of hydrogen-bond acceptors (Lipinski definition) is 2. The third-order valence-electron chi connectivity index (χ3n) is 5.56. The van der Waals surface area contributed by atoms with Crippen molar-refractivity contribution in [1.82, 2.24) is 0 Å². The zero-order valence-electron chi connectivity index (χ0n) is 10.7. The Morgan fingerprint density at radius 2 is 1.61 bits per heavy atom. The summed E-state index contributed by atoms with van der Waals surface area (Å²) < 4.78 is 0. The number of aliphatic hydroxyl groups is 1. The van der Waals surface area contributed by atoms with Gasteiger partial charge in [0, 0.05) is 5.69 Å². The van der Waals surface area contributed by atoms with Crippen LogP contribution >= 0.6 is 0 Å². The van der Waals surface area contributed by atoms with Crippen LogP contribution in [0.25, 0.3) is 0 Å². The lowest BCUT2D eigenvalue weighted by atomic mass is 9.49. The second-order valence-corrected chi connectivity index (χ2v) is 6.89. The molecule has 18 heavy (non-hydrogen) atoms. The molecule has 2 nitrogen and oxygen atoms in total. The van der Waals surface area contributed by atoms with Gasteiger partial charge in [0.15, 0.2) is 0 Å². The molecule has 4 saturated carbocycles. The zero-order valence-corrected chi connectivity index (χ0v) is 10.7. The van der Waals surface area contributed by atoms with Crippen molar-refractivity contribution in [2.24, 2.45) is 17.8 Å². The van der Waals surface area contributed by atoms with Crippen molar-refractivity contribution < 1.29 is 5.11 Å². The maximum absolute atomic E-state index is 10.6. The molecule has 0 aromatic heterocycles. The highest BCUT2D eigenvalue weighted by Gasteiger charge is 2.54. The highest BCUT2D eigenvalue weighted by Crippen LogP contribution is 2.61. The van der Waals surface area contributed by atoms with E-state index in [0.717, 1.165) is 30.9 Å². The maximum atomic E-state index is 10.6. The summed E-state index contributed by atoms with van der Waals surface area (Å²) in [5.41, 5.74) is 7.76. The Labute approximate surface area is 108 Å². The van der Waals surface area contributed by atoms with E-state index in [1.807, 2.05) is 12.1 Å². The van der Waals surface area contributed by atoms with E-state index in [4.69, 9.17) is 5.73 Å². The van der Waals surface area contributed by atoms with Crippen LogP contribution in [0.3, 0.4) is 0 Å². The van der Waals surface area contributed by atoms with Gasteiger partial charge in [-0.1, -0.05) is 12.1 Å². The zero-order chi connectivity index (χ0) is 12.3. The second kappa shape index (κ2) is 3.51. The summed E-state index contributed by atoms with van der Waals surface area (Å²) in [7, 11) is 0. The molecule has 0 aliphatic heterocycles. The Bertz CT molecular complexity index is 450. The Balaban J connectivity index is 1.69. The molecule has 96 valence electrons. The summed E-state index contributed by atoms with van der Waals surface area (Å²) in [6.45, 7) is 0. The fraction of sp³-hybridized carbons (Fsp3) is 0.625. The predicted octanol–water partition coefficient (Wildman–Crippen LogP) is 2.92. The molecule has 1 aromatic carbocycles. The van der Waals surface area contributed by atoms with Crippen LogP contribution in [0.1, 0.15) is 43.6 Å². The first-order valence-electron chi connectivity index (χ1n) is 7.21. The van der Waals surface area contributed by atoms with Crippen molar-refractivity contribution in [3.05, 3.63) is 29.8 Å². The minimum absolute atomic E-state index is 0.319. The van der Waals surface area contributed by atoms with E-state index >= 15 is 0 Å². The van der Waals surface area contributed by atoms with Gasteiger partial charge in [0.05, 0.1) is 5.60 Å². The van der Waals surface area contributed by atoms with Gasteiger partial charge in [-0.25, -0.2) is 0 Å². The monoisotopic (exact) mass is 243 g/mol. The van der Waals surface area contributed by atoms with Gasteiger partial charge in [-0.15, -0.1) is 0 Å². The summed E-state index contributed by atoms with van der Waals surface area (Å²) in [4.78, 5) is 0. The molecule has 0 spiro atoms. The van der Waals surface area contributed by atoms with E-state index in [1.165, 1.54) is 18.4 Å². The number of nitrogen functional groups attached to an aromatic ring is 1. The first-order chi connectivity index (χ1) is 8.63. The Morgan fingerprint density at radius 3 is 2.17 bits per heavy atom. The third kappa shape index (κ3) is 1.51. The lowest BCUT2D eigenvalue weighted by Gasteiger charge is -2.58. The smallest absolute Gasteiger partial charge is 0.0656 e. The highest BCUT2D eigenvalue weighted by atomic mass is 16.3. The summed E-state index contributed by atoms with van der Waals surface area (Å²) >= 11 is 0. The van der Waals surface area contributed by atoms with Gasteiger partial charge in [0.2, 0.25) is 0 Å². The molecule has 0 saturated heterocycles. The van der Waals surface area contributed by atoms with Crippen molar-refractivity contribution in [3.8, 4) is 0 Å². The molecular weight excluding hydrogens is 222 g/mol. The maximum Gasteiger partial charge on any atom is 0.0656 e. The van der Waals surface area contributed by atoms with E-state index < -0.39 is 0 Å². The lowest BCUT2D eigenvalue weighted by molar-refractivity contribution is -0.134. The fourth-order valence-corrected chi connectivity index (χ4v) is 5.24. The molecule has 0 heterocycles. The summed E-state index contributed by atoms with van der Waals surface area (Å²) in [6.07, 6.45) is 5.76. The van der Waals surface area contributed by atoms with E-state index in [2.05, 4.69) is 12.1 Å². The molecule has 4 bridgehead atoms. The second-order valence-electron chi connectivity index (χ2n) is 6.89. The molecule has 0 radical (unpaired) electrons. The number of rotatable bonds is 1. The van der Waals surface area contributed by atoms with Crippen LogP contribution < -0.4 is 5.73 Å². The standard InChI is InChI=1S/C16H21NO/c17-14-3-1-11(2-4-14)15-12-5-10-6-13(15)9-16(18,7-10)8-12/h1-4,10,12-13,15,18H,5-9,17H2. The molecule has 4 fully saturated rings. The van der Waals surface area contributed by atoms with Crippen LogP contribution in [0.2, 0.25) is 0 Å². The van der Waals surface area contributed by atoms with Crippen LogP contribution in [0.5, 0.6) is 0 Å². The van der Waals surface area contributed by atoms with Gasteiger partial charge in [-0.2, -0.15) is 0 Å². The van der Waals surface area contributed by atoms with Gasteiger partial charge < -0.3 is 10.8 Å². The molecule has 4 aliphatic rings. The number of anilines is 1. The highest BCUT2D eigenvalue weighted by molar-refractivity contribution is 5.41. The largest absolute Gasteiger partial charge is 0.399 e. The minimum atomic E-state index is -0.319. The third-order valence-corrected chi connectivity index (χ3v) is 5.56. The lowest BCUT2D eigenvalue weighted by Crippen LogP contribution is -2.53. The summed E-state index contributed by atoms with van der Waals surface area (Å²) in [6, 6.07) is 8.45. The van der Waals surface area contributed by atoms with Crippen LogP contribution in [0.4, 0.5) is 5.69 Å². The predicted molar refractivity (Wildman–Crippen MR) is 72.1 cm³/mol. The van der Waals surface area contributed by atoms with Crippen LogP contribution in [0.15, 0.2) is 24.3 Å². The van der Waals surface area contributed by atoms with Crippen molar-refractivity contribution in [2.75, 3.05) is 5.73 Å². The average Bonchev–Trinajstić information content (AvgIpc) is 2.28. The summed E-state index contributed by atoms with van der Waals surface area (Å²) in [5, 5.41) is 10.6. The Morgan fingerprint density at radius 1 is 1.00 bits per heavy atom. The molecule has 3 N–H and O–H groups in total. The molecule has 5 rings (SSSR count). The van der Waals surface area contributed by atoms with Crippen LogP contribution in [0, 0.1) is 17.8 Å². The topological polar surface area (TPSA) is 46.2 Å². The fourth-order valence-electron chi connectivity index (χ4n) is 5.24. The van der Waals surface area contributed by atoms with E-state index in [9.17, 15) is 5.11 Å². The van der Waals surface area contributed by atoms with E-state index in [1.54, 1.807) is 0 Å². The molecule has 2 unspecified atom stereocenters. The Kier molecular flexibility index (Phi) is 2.12. The number of nitrogens with two attached hydrogens (primary N) is 1. The molecule has 4 aliphatic carbocycles. The molecule has 1 aromatic rings. The van der Waals surface area contributed by atoms with Crippen LogP contribution in [-0.2, 0) is 0 Å². The van der Waals surface area contributed by atoms with Crippen LogP contribution in [-0.4, -0.2) is 10.7 Å². The first kappa shape index (κ1) is 10.9. The number of benzene rings is 1. The normalized spacial score (nSPS) is 45.4. The quantitative estimate of drug-likeness (QED) is 0.745.